The van der Waals surface area contributed by atoms with Gasteiger partial charge in [-0.25, -0.2) is 4.57 Å². The summed E-state index contributed by atoms with van der Waals surface area (Å²) in [6.07, 6.45) is 0. The number of fused-ring (bicyclic) bond motifs is 3. The number of nitrogens with zero attached hydrogens (tertiary/aromatic N) is 5. The fraction of sp³-hybridized carbons (Fsp3) is 0.115. The molecule has 0 bridgehead atoms. The molecule has 0 spiro atoms. The van der Waals surface area contributed by atoms with Gasteiger partial charge in [-0.05, 0) is 49.2 Å². The summed E-state index contributed by atoms with van der Waals surface area (Å²) < 4.78 is 3.40. The number of rotatable bonds is 5. The molecule has 0 aliphatic rings. The van der Waals surface area contributed by atoms with E-state index in [1.807, 2.05) is 54.6 Å². The van der Waals surface area contributed by atoms with E-state index in [-0.39, 0.29) is 17.2 Å². The van der Waals surface area contributed by atoms with E-state index >= 15 is 0 Å². The third kappa shape index (κ3) is 3.94. The zero-order valence-electron chi connectivity index (χ0n) is 19.0. The van der Waals surface area contributed by atoms with Crippen molar-refractivity contribution >= 4 is 40.0 Å². The lowest BCUT2D eigenvalue weighted by Crippen LogP contribution is -2.23. The van der Waals surface area contributed by atoms with Gasteiger partial charge in [0.2, 0.25) is 11.7 Å². The van der Waals surface area contributed by atoms with Gasteiger partial charge in [0.25, 0.3) is 5.56 Å². The number of nitriles is 1. The van der Waals surface area contributed by atoms with Gasteiger partial charge >= 0.3 is 0 Å². The number of carbonyl (C=O) groups is 1. The maximum absolute atomic E-state index is 13.6. The van der Waals surface area contributed by atoms with Gasteiger partial charge in [0, 0.05) is 0 Å². The van der Waals surface area contributed by atoms with Gasteiger partial charge < -0.3 is 5.32 Å². The minimum Gasteiger partial charge on any atom is -0.324 e. The van der Waals surface area contributed by atoms with Crippen LogP contribution in [0.2, 0.25) is 0 Å². The first kappa shape index (κ1) is 22.4. The van der Waals surface area contributed by atoms with Gasteiger partial charge in [-0.1, -0.05) is 54.2 Å². The van der Waals surface area contributed by atoms with Crippen molar-refractivity contribution in [2.24, 2.45) is 0 Å². The number of hydrogen-bond acceptors (Lipinski definition) is 6. The second kappa shape index (κ2) is 9.08. The van der Waals surface area contributed by atoms with Crippen molar-refractivity contribution in [3.63, 3.8) is 0 Å². The third-order valence-electron chi connectivity index (χ3n) is 5.71. The maximum atomic E-state index is 13.6. The standard InChI is InChI=1S/C26H20N6O2S/c1-16-8-7-9-17(2)23(16)32-24(34)19-11-4-6-13-21(19)31-25(32)29-30-26(31)35-15-22(33)28-20-12-5-3-10-18(20)14-27/h3-13H,15H2,1-2H3,(H,28,33). The van der Waals surface area contributed by atoms with E-state index < -0.39 is 0 Å². The van der Waals surface area contributed by atoms with Gasteiger partial charge in [-0.3, -0.25) is 14.0 Å². The highest BCUT2D eigenvalue weighted by atomic mass is 32.2. The Morgan fingerprint density at radius 1 is 1.00 bits per heavy atom. The molecule has 8 nitrogen and oxygen atoms in total. The predicted octanol–water partition coefficient (Wildman–Crippen LogP) is 4.25. The van der Waals surface area contributed by atoms with Crippen molar-refractivity contribution in [2.45, 2.75) is 19.0 Å². The molecular formula is C26H20N6O2S. The zero-order chi connectivity index (χ0) is 24.5. The fourth-order valence-electron chi connectivity index (χ4n) is 4.14. The molecule has 0 aliphatic heterocycles. The van der Waals surface area contributed by atoms with E-state index in [0.29, 0.717) is 33.1 Å². The Morgan fingerprint density at radius 3 is 2.49 bits per heavy atom. The Bertz CT molecular complexity index is 1690. The second-order valence-electron chi connectivity index (χ2n) is 8.01. The molecule has 0 unspecified atom stereocenters. The van der Waals surface area contributed by atoms with E-state index in [1.165, 1.54) is 11.8 Å². The number of amides is 1. The highest BCUT2D eigenvalue weighted by molar-refractivity contribution is 7.99. The summed E-state index contributed by atoms with van der Waals surface area (Å²) in [6.45, 7) is 3.91. The Labute approximate surface area is 204 Å². The van der Waals surface area contributed by atoms with Crippen LogP contribution in [0.5, 0.6) is 0 Å². The average Bonchev–Trinajstić information content (AvgIpc) is 3.28. The molecule has 0 radical (unpaired) electrons. The predicted molar refractivity (Wildman–Crippen MR) is 136 cm³/mol. The number of hydrogen-bond donors (Lipinski definition) is 1. The number of aryl methyl sites for hydroxylation is 2. The maximum Gasteiger partial charge on any atom is 0.267 e. The first-order valence-corrected chi connectivity index (χ1v) is 11.9. The number of thioether (sulfide) groups is 1. The fourth-order valence-corrected chi connectivity index (χ4v) is 4.88. The summed E-state index contributed by atoms with van der Waals surface area (Å²) in [5.74, 6) is 0.155. The zero-order valence-corrected chi connectivity index (χ0v) is 19.8. The number of benzene rings is 3. The quantitative estimate of drug-likeness (QED) is 0.377. The molecule has 35 heavy (non-hydrogen) atoms. The van der Waals surface area contributed by atoms with Gasteiger partial charge in [-0.15, -0.1) is 10.2 Å². The van der Waals surface area contributed by atoms with Crippen LogP contribution in [0.4, 0.5) is 5.69 Å². The molecule has 9 heteroatoms. The SMILES string of the molecule is Cc1cccc(C)c1-n1c(=O)c2ccccc2n2c(SCC(=O)Nc3ccccc3C#N)nnc12. The lowest BCUT2D eigenvalue weighted by molar-refractivity contribution is -0.113. The molecule has 0 aliphatic carbocycles. The molecule has 0 fully saturated rings. The normalized spacial score (nSPS) is 11.0. The first-order chi connectivity index (χ1) is 17.0. The molecule has 1 N–H and O–H groups in total. The summed E-state index contributed by atoms with van der Waals surface area (Å²) in [5, 5.41) is 21.7. The number of nitrogens with one attached hydrogen (secondary N) is 1. The first-order valence-electron chi connectivity index (χ1n) is 10.9. The van der Waals surface area contributed by atoms with Crippen LogP contribution in [-0.4, -0.2) is 30.8 Å². The molecule has 0 saturated heterocycles. The highest BCUT2D eigenvalue weighted by Crippen LogP contribution is 2.26. The monoisotopic (exact) mass is 480 g/mol. The van der Waals surface area contributed by atoms with Crippen molar-refractivity contribution in [3.05, 3.63) is 93.8 Å². The molecule has 2 aromatic heterocycles. The molecule has 2 heterocycles. The lowest BCUT2D eigenvalue weighted by atomic mass is 10.1. The number of para-hydroxylation sites is 3. The number of carbonyl (C=O) groups excluding carboxylic acids is 1. The largest absolute Gasteiger partial charge is 0.324 e. The van der Waals surface area contributed by atoms with Gasteiger partial charge in [0.1, 0.15) is 6.07 Å². The second-order valence-corrected chi connectivity index (χ2v) is 8.95. The van der Waals surface area contributed by atoms with Crippen molar-refractivity contribution in [2.75, 3.05) is 11.1 Å². The van der Waals surface area contributed by atoms with Crippen LogP contribution < -0.4 is 10.9 Å². The van der Waals surface area contributed by atoms with Crippen LogP contribution in [0.25, 0.3) is 22.4 Å². The molecule has 3 aromatic carbocycles. The van der Waals surface area contributed by atoms with E-state index in [4.69, 9.17) is 0 Å². The van der Waals surface area contributed by atoms with E-state index in [0.717, 1.165) is 16.8 Å². The Hall–Kier alpha value is -4.42. The van der Waals surface area contributed by atoms with E-state index in [1.54, 1.807) is 34.9 Å². The summed E-state index contributed by atoms with van der Waals surface area (Å²) in [4.78, 5) is 26.2. The molecule has 172 valence electrons. The number of aromatic nitrogens is 4. The summed E-state index contributed by atoms with van der Waals surface area (Å²) in [7, 11) is 0. The van der Waals surface area contributed by atoms with Crippen molar-refractivity contribution in [3.8, 4) is 11.8 Å². The third-order valence-corrected chi connectivity index (χ3v) is 6.64. The molecule has 5 rings (SSSR count). The van der Waals surface area contributed by atoms with Crippen LogP contribution >= 0.6 is 11.8 Å². The summed E-state index contributed by atoms with van der Waals surface area (Å²) >= 11 is 1.21. The molecule has 1 amide bonds. The Kier molecular flexibility index (Phi) is 5.81. The van der Waals surface area contributed by atoms with Crippen molar-refractivity contribution < 1.29 is 4.79 Å². The molecular weight excluding hydrogens is 460 g/mol. The lowest BCUT2D eigenvalue weighted by Gasteiger charge is -2.15. The number of anilines is 1. The van der Waals surface area contributed by atoms with Crippen LogP contribution in [0.3, 0.4) is 0 Å². The van der Waals surface area contributed by atoms with E-state index in [2.05, 4.69) is 21.6 Å². The smallest absolute Gasteiger partial charge is 0.267 e. The van der Waals surface area contributed by atoms with Crippen LogP contribution in [0.1, 0.15) is 16.7 Å². The average molecular weight is 481 g/mol. The molecule has 0 saturated carbocycles. The van der Waals surface area contributed by atoms with Gasteiger partial charge in [0.15, 0.2) is 5.16 Å². The molecule has 5 aromatic rings. The Morgan fingerprint density at radius 2 is 1.71 bits per heavy atom. The summed E-state index contributed by atoms with van der Waals surface area (Å²) in [5.41, 5.74) is 3.98. The Balaban J connectivity index is 1.59. The van der Waals surface area contributed by atoms with Crippen LogP contribution in [0.15, 0.2) is 76.7 Å². The van der Waals surface area contributed by atoms with Gasteiger partial charge in [0.05, 0.1) is 33.6 Å². The minimum atomic E-state index is -0.276. The minimum absolute atomic E-state index is 0.0530. The van der Waals surface area contributed by atoms with Crippen LogP contribution in [-0.2, 0) is 4.79 Å². The van der Waals surface area contributed by atoms with Gasteiger partial charge in [-0.2, -0.15) is 5.26 Å². The van der Waals surface area contributed by atoms with E-state index in [9.17, 15) is 14.9 Å². The van der Waals surface area contributed by atoms with Crippen molar-refractivity contribution in [1.82, 2.24) is 19.2 Å². The molecule has 0 atom stereocenters. The van der Waals surface area contributed by atoms with Crippen LogP contribution in [0, 0.1) is 25.2 Å². The summed E-state index contributed by atoms with van der Waals surface area (Å²) in [6, 6.07) is 22.1. The topological polar surface area (TPSA) is 105 Å². The van der Waals surface area contributed by atoms with Crippen molar-refractivity contribution in [1.29, 1.82) is 5.26 Å². The highest BCUT2D eigenvalue weighted by Gasteiger charge is 2.20.